The molecular formula is C20H27N3O3. The smallest absolute Gasteiger partial charge is 0.407 e. The van der Waals surface area contributed by atoms with Gasteiger partial charge in [-0.2, -0.15) is 0 Å². The highest BCUT2D eigenvalue weighted by Gasteiger charge is 2.45. The molecule has 0 radical (unpaired) electrons. The first kappa shape index (κ1) is 17.3. The van der Waals surface area contributed by atoms with Gasteiger partial charge in [-0.1, -0.05) is 18.2 Å². The van der Waals surface area contributed by atoms with Crippen molar-refractivity contribution in [2.75, 3.05) is 37.6 Å². The van der Waals surface area contributed by atoms with Gasteiger partial charge in [0.2, 0.25) is 5.91 Å². The summed E-state index contributed by atoms with van der Waals surface area (Å²) in [6.07, 6.45) is 3.20. The summed E-state index contributed by atoms with van der Waals surface area (Å²) in [5, 5.41) is 9.11. The molecule has 6 nitrogen and oxygen atoms in total. The zero-order valence-electron chi connectivity index (χ0n) is 15.4. The van der Waals surface area contributed by atoms with E-state index in [1.807, 2.05) is 4.90 Å². The molecule has 2 saturated heterocycles. The van der Waals surface area contributed by atoms with Crippen LogP contribution in [0.2, 0.25) is 0 Å². The van der Waals surface area contributed by atoms with E-state index in [-0.39, 0.29) is 5.91 Å². The number of aryl methyl sites for hydroxylation is 1. The lowest BCUT2D eigenvalue weighted by atomic mass is 9.72. The molecule has 3 heterocycles. The lowest BCUT2D eigenvalue weighted by Crippen LogP contribution is -2.60. The lowest BCUT2D eigenvalue weighted by molar-refractivity contribution is -0.116. The molecule has 1 N–H and O–H groups in total. The molecule has 3 aliphatic rings. The third-order valence-electron chi connectivity index (χ3n) is 6.29. The number of amides is 2. The van der Waals surface area contributed by atoms with Crippen LogP contribution in [0.4, 0.5) is 10.5 Å². The number of hydrogen-bond acceptors (Lipinski definition) is 3. The predicted octanol–water partition coefficient (Wildman–Crippen LogP) is 2.56. The molecule has 1 aromatic carbocycles. The van der Waals surface area contributed by atoms with Crippen LogP contribution in [0.25, 0.3) is 0 Å². The standard InChI is InChI=1S/C20H27N3O3/c1-15(24)23-9-3-6-16-4-2-5-17(18(16)23)12-21-13-20(14-21)7-10-22(11-8-20)19(25)26/h2,4-5H,3,6-14H2,1H3,(H,25,26). The maximum absolute atomic E-state index is 12.1. The monoisotopic (exact) mass is 357 g/mol. The van der Waals surface area contributed by atoms with Gasteiger partial charge in [0.15, 0.2) is 0 Å². The molecule has 0 unspecified atom stereocenters. The summed E-state index contributed by atoms with van der Waals surface area (Å²) in [5.74, 6) is 0.125. The first-order valence-corrected chi connectivity index (χ1v) is 9.57. The van der Waals surface area contributed by atoms with Gasteiger partial charge in [-0.05, 0) is 42.2 Å². The van der Waals surface area contributed by atoms with E-state index in [0.717, 1.165) is 57.5 Å². The van der Waals surface area contributed by atoms with Crippen LogP contribution < -0.4 is 4.90 Å². The maximum atomic E-state index is 12.1. The normalized spacial score (nSPS) is 22.0. The average Bonchev–Trinajstić information content (AvgIpc) is 2.60. The Balaban J connectivity index is 1.43. The van der Waals surface area contributed by atoms with Crippen molar-refractivity contribution in [3.05, 3.63) is 29.3 Å². The van der Waals surface area contributed by atoms with Crippen LogP contribution in [0, 0.1) is 5.41 Å². The summed E-state index contributed by atoms with van der Waals surface area (Å²) in [4.78, 5) is 29.1. The molecule has 2 amide bonds. The molecule has 1 aromatic rings. The number of benzene rings is 1. The number of fused-ring (bicyclic) bond motifs is 1. The van der Waals surface area contributed by atoms with Crippen molar-refractivity contribution < 1.29 is 14.7 Å². The van der Waals surface area contributed by atoms with Crippen LogP contribution in [0.1, 0.15) is 37.3 Å². The molecule has 140 valence electrons. The van der Waals surface area contributed by atoms with E-state index in [2.05, 4.69) is 23.1 Å². The molecule has 0 aromatic heterocycles. The van der Waals surface area contributed by atoms with Gasteiger partial charge in [-0.25, -0.2) is 4.79 Å². The van der Waals surface area contributed by atoms with Gasteiger partial charge >= 0.3 is 6.09 Å². The van der Waals surface area contributed by atoms with E-state index in [4.69, 9.17) is 5.11 Å². The fourth-order valence-corrected chi connectivity index (χ4v) is 4.92. The summed E-state index contributed by atoms with van der Waals surface area (Å²) in [6, 6.07) is 6.41. The minimum absolute atomic E-state index is 0.125. The molecular weight excluding hydrogens is 330 g/mol. The van der Waals surface area contributed by atoms with Gasteiger partial charge in [-0.15, -0.1) is 0 Å². The van der Waals surface area contributed by atoms with Crippen molar-refractivity contribution in [3.63, 3.8) is 0 Å². The Morgan fingerprint density at radius 1 is 1.15 bits per heavy atom. The molecule has 0 saturated carbocycles. The average molecular weight is 357 g/mol. The van der Waals surface area contributed by atoms with Gasteiger partial charge in [0.25, 0.3) is 0 Å². The number of para-hydroxylation sites is 1. The highest BCUT2D eigenvalue weighted by Crippen LogP contribution is 2.42. The molecule has 0 atom stereocenters. The summed E-state index contributed by atoms with van der Waals surface area (Å²) >= 11 is 0. The Morgan fingerprint density at radius 3 is 2.54 bits per heavy atom. The largest absolute Gasteiger partial charge is 0.465 e. The van der Waals surface area contributed by atoms with Gasteiger partial charge in [0.05, 0.1) is 5.69 Å². The van der Waals surface area contributed by atoms with Crippen LogP contribution >= 0.6 is 0 Å². The molecule has 6 heteroatoms. The number of carbonyl (C=O) groups is 2. The van der Waals surface area contributed by atoms with Crippen molar-refractivity contribution in [2.45, 2.75) is 39.2 Å². The highest BCUT2D eigenvalue weighted by atomic mass is 16.4. The van der Waals surface area contributed by atoms with Crippen LogP contribution in [-0.2, 0) is 17.8 Å². The maximum Gasteiger partial charge on any atom is 0.407 e. The van der Waals surface area contributed by atoms with E-state index in [0.29, 0.717) is 18.5 Å². The minimum atomic E-state index is -0.795. The molecule has 4 rings (SSSR count). The van der Waals surface area contributed by atoms with Crippen molar-refractivity contribution in [3.8, 4) is 0 Å². The Kier molecular flexibility index (Phi) is 4.39. The molecule has 0 aliphatic carbocycles. The molecule has 26 heavy (non-hydrogen) atoms. The van der Waals surface area contributed by atoms with Crippen LogP contribution in [-0.4, -0.2) is 59.6 Å². The fraction of sp³-hybridized carbons (Fsp3) is 0.600. The van der Waals surface area contributed by atoms with Crippen molar-refractivity contribution in [2.24, 2.45) is 5.41 Å². The number of carboxylic acid groups (broad SMARTS) is 1. The second kappa shape index (κ2) is 6.58. The van der Waals surface area contributed by atoms with Gasteiger partial charge in [-0.3, -0.25) is 9.69 Å². The second-order valence-electron chi connectivity index (χ2n) is 8.11. The third kappa shape index (κ3) is 3.07. The number of hydrogen-bond donors (Lipinski definition) is 1. The lowest BCUT2D eigenvalue weighted by Gasteiger charge is -2.54. The topological polar surface area (TPSA) is 64.1 Å². The minimum Gasteiger partial charge on any atom is -0.465 e. The number of carbonyl (C=O) groups excluding carboxylic acids is 1. The zero-order valence-corrected chi connectivity index (χ0v) is 15.4. The zero-order chi connectivity index (χ0) is 18.3. The Hall–Kier alpha value is -2.08. The number of rotatable bonds is 2. The van der Waals surface area contributed by atoms with E-state index < -0.39 is 6.09 Å². The van der Waals surface area contributed by atoms with E-state index in [9.17, 15) is 9.59 Å². The fourth-order valence-electron chi connectivity index (χ4n) is 4.92. The van der Waals surface area contributed by atoms with Gasteiger partial charge in [0.1, 0.15) is 0 Å². The Morgan fingerprint density at radius 2 is 1.88 bits per heavy atom. The summed E-state index contributed by atoms with van der Waals surface area (Å²) in [5.41, 5.74) is 3.96. The second-order valence-corrected chi connectivity index (χ2v) is 8.11. The van der Waals surface area contributed by atoms with E-state index in [1.165, 1.54) is 16.0 Å². The molecule has 0 bridgehead atoms. The van der Waals surface area contributed by atoms with Crippen LogP contribution in [0.5, 0.6) is 0 Å². The SMILES string of the molecule is CC(=O)N1CCCc2cccc(CN3CC4(CCN(C(=O)O)CC4)C3)c21. The summed E-state index contributed by atoms with van der Waals surface area (Å²) in [6.45, 7) is 6.71. The summed E-state index contributed by atoms with van der Waals surface area (Å²) in [7, 11) is 0. The Labute approximate surface area is 154 Å². The van der Waals surface area contributed by atoms with Crippen molar-refractivity contribution in [1.82, 2.24) is 9.80 Å². The number of anilines is 1. The molecule has 3 aliphatic heterocycles. The highest BCUT2D eigenvalue weighted by molar-refractivity contribution is 5.93. The Bertz CT molecular complexity index is 717. The van der Waals surface area contributed by atoms with Gasteiger partial charge in [0, 0.05) is 46.2 Å². The van der Waals surface area contributed by atoms with Crippen molar-refractivity contribution in [1.29, 1.82) is 0 Å². The quantitative estimate of drug-likeness (QED) is 0.884. The predicted molar refractivity (Wildman–Crippen MR) is 99.3 cm³/mol. The number of piperidine rings is 1. The number of nitrogens with zero attached hydrogens (tertiary/aromatic N) is 3. The van der Waals surface area contributed by atoms with Crippen LogP contribution in [0.15, 0.2) is 18.2 Å². The van der Waals surface area contributed by atoms with E-state index >= 15 is 0 Å². The van der Waals surface area contributed by atoms with E-state index in [1.54, 1.807) is 6.92 Å². The molecule has 1 spiro atoms. The first-order chi connectivity index (χ1) is 12.5. The molecule has 2 fully saturated rings. The third-order valence-corrected chi connectivity index (χ3v) is 6.29. The van der Waals surface area contributed by atoms with Gasteiger partial charge < -0.3 is 14.9 Å². The van der Waals surface area contributed by atoms with Crippen LogP contribution in [0.3, 0.4) is 0 Å². The number of likely N-dealkylation sites (tertiary alicyclic amines) is 2. The van der Waals surface area contributed by atoms with Crippen molar-refractivity contribution >= 4 is 17.7 Å². The summed E-state index contributed by atoms with van der Waals surface area (Å²) < 4.78 is 0. The first-order valence-electron chi connectivity index (χ1n) is 9.57.